The van der Waals surface area contributed by atoms with E-state index in [0.29, 0.717) is 12.5 Å². The molecule has 114 valence electrons. The second-order valence-corrected chi connectivity index (χ2v) is 4.65. The van der Waals surface area contributed by atoms with E-state index in [1.807, 2.05) is 32.0 Å². The summed E-state index contributed by atoms with van der Waals surface area (Å²) in [6.07, 6.45) is 5.02. The maximum atomic E-state index is 11.5. The molecule has 0 bridgehead atoms. The number of aromatic nitrogens is 2. The highest BCUT2D eigenvalue weighted by Crippen LogP contribution is 2.21. The average molecular weight is 297 g/mol. The first-order valence-corrected chi connectivity index (χ1v) is 7.00. The molecule has 6 nitrogen and oxygen atoms in total. The van der Waals surface area contributed by atoms with Crippen LogP contribution in [-0.2, 0) is 0 Å². The minimum atomic E-state index is -0.281. The Balaban J connectivity index is 2.23. The van der Waals surface area contributed by atoms with Crippen molar-refractivity contribution in [3.63, 3.8) is 0 Å². The van der Waals surface area contributed by atoms with E-state index < -0.39 is 0 Å². The van der Waals surface area contributed by atoms with Gasteiger partial charge in [0.25, 0.3) is 0 Å². The first-order valence-electron chi connectivity index (χ1n) is 7.00. The van der Waals surface area contributed by atoms with Crippen molar-refractivity contribution in [3.8, 4) is 0 Å². The van der Waals surface area contributed by atoms with E-state index in [4.69, 9.17) is 0 Å². The molecule has 0 saturated carbocycles. The van der Waals surface area contributed by atoms with Gasteiger partial charge in [0.1, 0.15) is 0 Å². The van der Waals surface area contributed by atoms with Gasteiger partial charge in [-0.3, -0.25) is 10.3 Å². The van der Waals surface area contributed by atoms with E-state index in [1.165, 1.54) is 0 Å². The molecular formula is C16H19N5O. The number of nitrogens with one attached hydrogen (secondary N) is 3. The maximum Gasteiger partial charge on any atom is 0.321 e. The number of urea groups is 1. The molecule has 2 aromatic rings. The summed E-state index contributed by atoms with van der Waals surface area (Å²) < 4.78 is 0. The van der Waals surface area contributed by atoms with Crippen LogP contribution in [0.5, 0.6) is 0 Å². The van der Waals surface area contributed by atoms with Crippen LogP contribution in [0.25, 0.3) is 16.6 Å². The number of aliphatic imine (C=N–C) groups is 1. The molecule has 0 aliphatic rings. The van der Waals surface area contributed by atoms with E-state index in [2.05, 4.69) is 32.2 Å². The summed E-state index contributed by atoms with van der Waals surface area (Å²) >= 11 is 0. The second-order valence-electron chi connectivity index (χ2n) is 4.65. The zero-order valence-electron chi connectivity index (χ0n) is 12.7. The van der Waals surface area contributed by atoms with Crippen LogP contribution in [0.15, 0.2) is 42.0 Å². The van der Waals surface area contributed by atoms with Crippen LogP contribution >= 0.6 is 0 Å². The molecule has 0 spiro atoms. The topological polar surface area (TPSA) is 82.2 Å². The number of benzene rings is 1. The summed E-state index contributed by atoms with van der Waals surface area (Å²) in [5, 5.41) is 5.31. The number of fused-ring (bicyclic) bond motifs is 1. The number of nitrogens with zero attached hydrogens (tertiary/aromatic N) is 2. The lowest BCUT2D eigenvalue weighted by atomic mass is 10.1. The van der Waals surface area contributed by atoms with Gasteiger partial charge in [-0.15, -0.1) is 0 Å². The molecule has 2 rings (SSSR count). The van der Waals surface area contributed by atoms with Crippen molar-refractivity contribution in [3.05, 3.63) is 42.6 Å². The van der Waals surface area contributed by atoms with Crippen LogP contribution in [0, 0.1) is 0 Å². The number of imidazole rings is 1. The van der Waals surface area contributed by atoms with Gasteiger partial charge in [-0.25, -0.2) is 9.78 Å². The SMILES string of the molecule is C=C/C=N\C=C(/C)c1ccc2[nH]c(NC(=O)NCC)nc2c1. The molecule has 0 unspecified atom stereocenters. The zero-order valence-corrected chi connectivity index (χ0v) is 12.7. The quantitative estimate of drug-likeness (QED) is 0.740. The third-order valence-electron chi connectivity index (χ3n) is 2.97. The highest BCUT2D eigenvalue weighted by atomic mass is 16.2. The zero-order chi connectivity index (χ0) is 15.9. The minimum Gasteiger partial charge on any atom is -0.338 e. The van der Waals surface area contributed by atoms with E-state index in [-0.39, 0.29) is 6.03 Å². The summed E-state index contributed by atoms with van der Waals surface area (Å²) in [6, 6.07) is 5.57. The van der Waals surface area contributed by atoms with Crippen molar-refractivity contribution in [1.29, 1.82) is 0 Å². The fourth-order valence-electron chi connectivity index (χ4n) is 1.91. The van der Waals surface area contributed by atoms with Gasteiger partial charge in [0.15, 0.2) is 0 Å². The Morgan fingerprint density at radius 1 is 1.50 bits per heavy atom. The summed E-state index contributed by atoms with van der Waals surface area (Å²) in [4.78, 5) is 23.0. The molecule has 0 aliphatic carbocycles. The molecule has 1 heterocycles. The highest BCUT2D eigenvalue weighted by molar-refractivity contribution is 5.90. The maximum absolute atomic E-state index is 11.5. The third kappa shape index (κ3) is 3.82. The summed E-state index contributed by atoms with van der Waals surface area (Å²) in [6.45, 7) is 7.97. The molecule has 0 aliphatic heterocycles. The molecule has 22 heavy (non-hydrogen) atoms. The average Bonchev–Trinajstić information content (AvgIpc) is 2.88. The summed E-state index contributed by atoms with van der Waals surface area (Å²) in [5.74, 6) is 0.421. The Bertz CT molecular complexity index is 742. The fraction of sp³-hybridized carbons (Fsp3) is 0.188. The number of carbonyl (C=O) groups is 1. The van der Waals surface area contributed by atoms with E-state index in [9.17, 15) is 4.79 Å². The van der Waals surface area contributed by atoms with Crippen molar-refractivity contribution in [2.24, 2.45) is 4.99 Å². The Hall–Kier alpha value is -2.89. The minimum absolute atomic E-state index is 0.281. The Kier molecular flexibility index (Phi) is 5.08. The predicted octanol–water partition coefficient (Wildman–Crippen LogP) is 3.32. The number of hydrogen-bond acceptors (Lipinski definition) is 3. The molecule has 2 amide bonds. The molecule has 3 N–H and O–H groups in total. The normalized spacial score (nSPS) is 11.8. The van der Waals surface area contributed by atoms with Crippen LogP contribution in [0.3, 0.4) is 0 Å². The molecule has 1 aromatic carbocycles. The summed E-state index contributed by atoms with van der Waals surface area (Å²) in [7, 11) is 0. The lowest BCUT2D eigenvalue weighted by molar-refractivity contribution is 0.252. The number of allylic oxidation sites excluding steroid dienone is 2. The lowest BCUT2D eigenvalue weighted by Crippen LogP contribution is -2.28. The van der Waals surface area contributed by atoms with Crippen LogP contribution in [0.1, 0.15) is 19.4 Å². The van der Waals surface area contributed by atoms with Gasteiger partial charge < -0.3 is 10.3 Å². The van der Waals surface area contributed by atoms with Gasteiger partial charge in [0.2, 0.25) is 5.95 Å². The largest absolute Gasteiger partial charge is 0.338 e. The monoisotopic (exact) mass is 297 g/mol. The first kappa shape index (κ1) is 15.5. The number of carbonyl (C=O) groups excluding carboxylic acids is 1. The Morgan fingerprint density at radius 2 is 2.32 bits per heavy atom. The van der Waals surface area contributed by atoms with Gasteiger partial charge in [0.05, 0.1) is 11.0 Å². The van der Waals surface area contributed by atoms with Crippen molar-refractivity contribution in [2.75, 3.05) is 11.9 Å². The fourth-order valence-corrected chi connectivity index (χ4v) is 1.91. The van der Waals surface area contributed by atoms with Gasteiger partial charge in [0, 0.05) is 19.0 Å². The van der Waals surface area contributed by atoms with E-state index in [0.717, 1.165) is 22.2 Å². The van der Waals surface area contributed by atoms with Crippen molar-refractivity contribution >= 4 is 34.8 Å². The van der Waals surface area contributed by atoms with Crippen LogP contribution in [-0.4, -0.2) is 28.8 Å². The molecule has 0 atom stereocenters. The van der Waals surface area contributed by atoms with E-state index >= 15 is 0 Å². The molecule has 0 fully saturated rings. The summed E-state index contributed by atoms with van der Waals surface area (Å²) in [5.41, 5.74) is 3.67. The number of aromatic amines is 1. The van der Waals surface area contributed by atoms with Crippen LogP contribution in [0.2, 0.25) is 0 Å². The number of rotatable bonds is 5. The smallest absolute Gasteiger partial charge is 0.321 e. The molecule has 0 radical (unpaired) electrons. The molecule has 1 aromatic heterocycles. The van der Waals surface area contributed by atoms with Crippen molar-refractivity contribution in [1.82, 2.24) is 15.3 Å². The number of amides is 2. The van der Waals surface area contributed by atoms with Crippen LogP contribution < -0.4 is 10.6 Å². The number of anilines is 1. The van der Waals surface area contributed by atoms with Crippen molar-refractivity contribution < 1.29 is 4.79 Å². The van der Waals surface area contributed by atoms with Gasteiger partial charge in [-0.05, 0) is 37.1 Å². The third-order valence-corrected chi connectivity index (χ3v) is 2.97. The van der Waals surface area contributed by atoms with Gasteiger partial charge in [-0.2, -0.15) is 0 Å². The predicted molar refractivity (Wildman–Crippen MR) is 91.1 cm³/mol. The Morgan fingerprint density at radius 3 is 3.05 bits per heavy atom. The molecule has 6 heteroatoms. The highest BCUT2D eigenvalue weighted by Gasteiger charge is 2.07. The van der Waals surface area contributed by atoms with Gasteiger partial charge in [-0.1, -0.05) is 18.7 Å². The van der Waals surface area contributed by atoms with Gasteiger partial charge >= 0.3 is 6.03 Å². The van der Waals surface area contributed by atoms with Crippen LogP contribution in [0.4, 0.5) is 10.7 Å². The van der Waals surface area contributed by atoms with Crippen molar-refractivity contribution in [2.45, 2.75) is 13.8 Å². The molecular weight excluding hydrogens is 278 g/mol. The second kappa shape index (κ2) is 7.21. The molecule has 0 saturated heterocycles. The van der Waals surface area contributed by atoms with E-state index in [1.54, 1.807) is 18.5 Å². The Labute approximate surface area is 129 Å². The first-order chi connectivity index (χ1) is 10.6. The standard InChI is InChI=1S/C16H19N5O/c1-4-8-17-10-11(3)12-6-7-13-14(9-12)20-15(19-13)21-16(22)18-5-2/h4,6-10H,1,5H2,2-3H3,(H3,18,19,20,21,22)/b11-10+,17-8-. The number of H-pyrrole nitrogens is 1. The number of hydrogen-bond donors (Lipinski definition) is 3. The lowest BCUT2D eigenvalue weighted by Gasteiger charge is -2.00.